The maximum Gasteiger partial charge on any atom is 0.312 e. The van der Waals surface area contributed by atoms with E-state index in [0.29, 0.717) is 6.61 Å². The lowest BCUT2D eigenvalue weighted by atomic mass is 9.73. The number of H-pyrrole nitrogens is 1. The molecule has 1 atom stereocenters. The number of imidazole rings is 1. The Morgan fingerprint density at radius 3 is 2.86 bits per heavy atom. The second-order valence-corrected chi connectivity index (χ2v) is 8.43. The molecule has 0 aliphatic carbocycles. The number of aromatic amines is 1. The number of aromatic nitrogens is 2. The van der Waals surface area contributed by atoms with E-state index < -0.39 is 0 Å². The fraction of sp³-hybridized carbons (Fsp3) is 0.818. The Morgan fingerprint density at radius 1 is 1.36 bits per heavy atom. The first-order valence-electron chi connectivity index (χ1n) is 11.2. The number of rotatable bonds is 9. The molecule has 3 rings (SSSR count). The highest BCUT2D eigenvalue weighted by Gasteiger charge is 2.44. The molecule has 0 radical (unpaired) electrons. The van der Waals surface area contributed by atoms with E-state index in [0.717, 1.165) is 70.6 Å². The summed E-state index contributed by atoms with van der Waals surface area (Å²) < 4.78 is 11.4. The van der Waals surface area contributed by atoms with E-state index in [4.69, 9.17) is 9.47 Å². The van der Waals surface area contributed by atoms with Crippen molar-refractivity contribution in [2.24, 2.45) is 5.41 Å². The van der Waals surface area contributed by atoms with Gasteiger partial charge in [0.05, 0.1) is 18.1 Å². The van der Waals surface area contributed by atoms with Gasteiger partial charge in [-0.05, 0) is 65.0 Å². The lowest BCUT2D eigenvalue weighted by Gasteiger charge is -2.42. The number of likely N-dealkylation sites (tertiary alicyclic amines) is 1. The van der Waals surface area contributed by atoms with Crippen LogP contribution in [0, 0.1) is 5.41 Å². The molecule has 0 bridgehead atoms. The van der Waals surface area contributed by atoms with Gasteiger partial charge in [-0.15, -0.1) is 0 Å². The molecular formula is C22H37N3O3. The second kappa shape index (κ2) is 10.4. The van der Waals surface area contributed by atoms with Crippen molar-refractivity contribution >= 4 is 5.97 Å². The van der Waals surface area contributed by atoms with Crippen LogP contribution in [0.4, 0.5) is 0 Å². The van der Waals surface area contributed by atoms with Crippen LogP contribution < -0.4 is 0 Å². The summed E-state index contributed by atoms with van der Waals surface area (Å²) in [5.74, 6) is 1.07. The number of hydrogen-bond acceptors (Lipinski definition) is 5. The molecule has 0 saturated carbocycles. The quantitative estimate of drug-likeness (QED) is 0.648. The molecule has 28 heavy (non-hydrogen) atoms. The van der Waals surface area contributed by atoms with Gasteiger partial charge in [0.1, 0.15) is 5.82 Å². The SMILES string of the molecule is CCCCc1ncc(CN2CCC(C[C@@H]3CCCCO3)(C(=O)OCC)CC2)[nH]1. The van der Waals surface area contributed by atoms with Crippen LogP contribution in [0.5, 0.6) is 0 Å². The van der Waals surface area contributed by atoms with E-state index in [1.807, 2.05) is 13.1 Å². The number of nitrogens with zero attached hydrogens (tertiary/aromatic N) is 2. The topological polar surface area (TPSA) is 67.5 Å². The minimum Gasteiger partial charge on any atom is -0.466 e. The molecule has 2 aliphatic heterocycles. The Bertz CT molecular complexity index is 602. The minimum absolute atomic E-state index is 0.0211. The molecule has 3 heterocycles. The second-order valence-electron chi connectivity index (χ2n) is 8.43. The number of ether oxygens (including phenoxy) is 2. The molecular weight excluding hydrogens is 354 g/mol. The fourth-order valence-electron chi connectivity index (χ4n) is 4.52. The van der Waals surface area contributed by atoms with Crippen molar-refractivity contribution in [3.8, 4) is 0 Å². The third kappa shape index (κ3) is 5.57. The van der Waals surface area contributed by atoms with E-state index >= 15 is 0 Å². The smallest absolute Gasteiger partial charge is 0.312 e. The molecule has 6 nitrogen and oxygen atoms in total. The van der Waals surface area contributed by atoms with Gasteiger partial charge in [0.15, 0.2) is 0 Å². The van der Waals surface area contributed by atoms with Gasteiger partial charge in [-0.2, -0.15) is 0 Å². The van der Waals surface area contributed by atoms with Crippen LogP contribution >= 0.6 is 0 Å². The van der Waals surface area contributed by atoms with Gasteiger partial charge >= 0.3 is 5.97 Å². The number of carbonyl (C=O) groups excluding carboxylic acids is 1. The summed E-state index contributed by atoms with van der Waals surface area (Å²) in [5, 5.41) is 0. The van der Waals surface area contributed by atoms with E-state index in [1.54, 1.807) is 0 Å². The van der Waals surface area contributed by atoms with E-state index in [9.17, 15) is 4.79 Å². The zero-order chi connectivity index (χ0) is 19.8. The molecule has 1 aromatic heterocycles. The third-order valence-corrected chi connectivity index (χ3v) is 6.26. The molecule has 1 aromatic rings. The highest BCUT2D eigenvalue weighted by atomic mass is 16.5. The lowest BCUT2D eigenvalue weighted by Crippen LogP contribution is -2.47. The number of hydrogen-bond donors (Lipinski definition) is 1. The average Bonchev–Trinajstić information content (AvgIpc) is 3.16. The van der Waals surface area contributed by atoms with Gasteiger partial charge < -0.3 is 14.5 Å². The lowest BCUT2D eigenvalue weighted by molar-refractivity contribution is -0.162. The number of carbonyl (C=O) groups is 1. The van der Waals surface area contributed by atoms with Crippen molar-refractivity contribution in [3.63, 3.8) is 0 Å². The Kier molecular flexibility index (Phi) is 7.91. The Hall–Kier alpha value is -1.40. The molecule has 0 amide bonds. The van der Waals surface area contributed by atoms with E-state index in [1.165, 1.54) is 25.0 Å². The van der Waals surface area contributed by atoms with Crippen molar-refractivity contribution in [1.29, 1.82) is 0 Å². The third-order valence-electron chi connectivity index (χ3n) is 6.26. The van der Waals surface area contributed by atoms with Gasteiger partial charge in [-0.25, -0.2) is 4.98 Å². The molecule has 6 heteroatoms. The van der Waals surface area contributed by atoms with Gasteiger partial charge in [0.25, 0.3) is 0 Å². The molecule has 0 unspecified atom stereocenters. The van der Waals surface area contributed by atoms with Crippen molar-refractivity contribution in [2.75, 3.05) is 26.3 Å². The summed E-state index contributed by atoms with van der Waals surface area (Å²) in [7, 11) is 0. The van der Waals surface area contributed by atoms with Gasteiger partial charge in [-0.3, -0.25) is 9.69 Å². The number of esters is 1. The van der Waals surface area contributed by atoms with E-state index in [-0.39, 0.29) is 17.5 Å². The monoisotopic (exact) mass is 391 g/mol. The van der Waals surface area contributed by atoms with Crippen molar-refractivity contribution in [1.82, 2.24) is 14.9 Å². The fourth-order valence-corrected chi connectivity index (χ4v) is 4.52. The first-order chi connectivity index (χ1) is 13.6. The first kappa shape index (κ1) is 21.3. The predicted octanol–water partition coefficient (Wildman–Crippen LogP) is 3.86. The van der Waals surface area contributed by atoms with Crippen LogP contribution in [0.2, 0.25) is 0 Å². The van der Waals surface area contributed by atoms with E-state index in [2.05, 4.69) is 21.8 Å². The minimum atomic E-state index is -0.380. The molecule has 2 saturated heterocycles. The highest BCUT2D eigenvalue weighted by molar-refractivity contribution is 5.77. The van der Waals surface area contributed by atoms with Crippen LogP contribution in [-0.2, 0) is 27.2 Å². The average molecular weight is 392 g/mol. The largest absolute Gasteiger partial charge is 0.466 e. The molecule has 1 N–H and O–H groups in total. The molecule has 158 valence electrons. The summed E-state index contributed by atoms with van der Waals surface area (Å²) in [6.45, 7) is 8.07. The van der Waals surface area contributed by atoms with Gasteiger partial charge in [0, 0.05) is 31.5 Å². The number of piperidine rings is 1. The Morgan fingerprint density at radius 2 is 2.18 bits per heavy atom. The van der Waals surface area contributed by atoms with Gasteiger partial charge in [-0.1, -0.05) is 13.3 Å². The normalized spacial score (nSPS) is 22.9. The van der Waals surface area contributed by atoms with Crippen molar-refractivity contribution in [2.45, 2.75) is 84.3 Å². The molecule has 2 fully saturated rings. The summed E-state index contributed by atoms with van der Waals surface area (Å²) in [6, 6.07) is 0. The van der Waals surface area contributed by atoms with Crippen molar-refractivity contribution in [3.05, 3.63) is 17.7 Å². The number of aryl methyl sites for hydroxylation is 1. The predicted molar refractivity (Wildman–Crippen MR) is 109 cm³/mol. The Balaban J connectivity index is 1.56. The Labute approximate surface area is 169 Å². The number of nitrogens with one attached hydrogen (secondary N) is 1. The maximum atomic E-state index is 12.8. The first-order valence-corrected chi connectivity index (χ1v) is 11.2. The molecule has 0 aromatic carbocycles. The van der Waals surface area contributed by atoms with Crippen LogP contribution in [0.1, 0.15) is 76.7 Å². The van der Waals surface area contributed by atoms with Crippen molar-refractivity contribution < 1.29 is 14.3 Å². The summed E-state index contributed by atoms with van der Waals surface area (Å²) in [4.78, 5) is 23.2. The summed E-state index contributed by atoms with van der Waals surface area (Å²) in [6.07, 6.45) is 11.5. The van der Waals surface area contributed by atoms with Crippen LogP contribution in [0.3, 0.4) is 0 Å². The van der Waals surface area contributed by atoms with Crippen LogP contribution in [-0.4, -0.2) is 53.2 Å². The zero-order valence-electron chi connectivity index (χ0n) is 17.7. The summed E-state index contributed by atoms with van der Waals surface area (Å²) in [5.41, 5.74) is 0.791. The van der Waals surface area contributed by atoms with Crippen LogP contribution in [0.15, 0.2) is 6.20 Å². The maximum absolute atomic E-state index is 12.8. The van der Waals surface area contributed by atoms with Gasteiger partial charge in [0.2, 0.25) is 0 Å². The highest BCUT2D eigenvalue weighted by Crippen LogP contribution is 2.40. The number of unbranched alkanes of at least 4 members (excludes halogenated alkanes) is 1. The zero-order valence-corrected chi connectivity index (χ0v) is 17.7. The molecule has 0 spiro atoms. The summed E-state index contributed by atoms with van der Waals surface area (Å²) >= 11 is 0. The van der Waals surface area contributed by atoms with Crippen LogP contribution in [0.25, 0.3) is 0 Å². The molecule has 2 aliphatic rings. The standard InChI is InChI=1S/C22H37N3O3/c1-3-5-9-20-23-16-18(24-20)17-25-12-10-22(11-13-25,21(26)27-4-2)15-19-8-6-7-14-28-19/h16,19H,3-15,17H2,1-2H3,(H,23,24)/t19-/m0/s1.